The Bertz CT molecular complexity index is 1100. The van der Waals surface area contributed by atoms with Crippen LogP contribution < -0.4 is 16.3 Å². The number of anilines is 1. The van der Waals surface area contributed by atoms with E-state index in [0.717, 1.165) is 37.1 Å². The highest BCUT2D eigenvalue weighted by Crippen LogP contribution is 2.36. The number of amides is 1. The summed E-state index contributed by atoms with van der Waals surface area (Å²) in [4.78, 5) is 24.7. The molecule has 0 bridgehead atoms. The molecule has 150 valence electrons. The zero-order valence-electron chi connectivity index (χ0n) is 16.3. The number of fused-ring (bicyclic) bond motifs is 3. The minimum absolute atomic E-state index is 0. The first-order chi connectivity index (χ1) is 12.9. The molecule has 1 aliphatic heterocycles. The second-order valence-electron chi connectivity index (χ2n) is 7.62. The number of carbonyl (C=O) groups excluding carboxylic acids is 1. The molecule has 8 heteroatoms. The van der Waals surface area contributed by atoms with E-state index < -0.39 is 5.63 Å². The van der Waals surface area contributed by atoms with Gasteiger partial charge in [-0.2, -0.15) is 0 Å². The molecule has 28 heavy (non-hydrogen) atoms. The summed E-state index contributed by atoms with van der Waals surface area (Å²) in [6, 6.07) is 5.18. The van der Waals surface area contributed by atoms with Crippen molar-refractivity contribution in [1.29, 1.82) is 0 Å². The highest BCUT2D eigenvalue weighted by molar-refractivity contribution is 6.13. The third-order valence-corrected chi connectivity index (χ3v) is 5.39. The molecule has 0 saturated carbocycles. The number of halogens is 1. The molecule has 3 heterocycles. The summed E-state index contributed by atoms with van der Waals surface area (Å²) in [5.74, 6) is 0.523. The van der Waals surface area contributed by atoms with Gasteiger partial charge in [0.1, 0.15) is 11.3 Å². The molecular formula is C20H25ClN3O4+. The van der Waals surface area contributed by atoms with Crippen LogP contribution in [-0.2, 0) is 4.79 Å². The van der Waals surface area contributed by atoms with Crippen LogP contribution in [0.1, 0.15) is 11.3 Å². The normalized spacial score (nSPS) is 16.1. The fourth-order valence-corrected chi connectivity index (χ4v) is 3.85. The van der Waals surface area contributed by atoms with Crippen LogP contribution in [0.3, 0.4) is 0 Å². The molecule has 0 unspecified atom stereocenters. The molecule has 1 aromatic carbocycles. The smallest absolute Gasteiger partial charge is 0.336 e. The molecule has 0 spiro atoms. The standard InChI is InChI=1S/C20H23N3O4.ClH/c1-12-10-17(25)27-20-14(12)4-5-15-18(20)19(13(2)26-15)22-16(24)11-23(3)8-6-21-7-9-23;/h4-5,10,21H,6-9,11H2,1-3H3;1H/p+1. The fourth-order valence-electron chi connectivity index (χ4n) is 3.85. The van der Waals surface area contributed by atoms with Crippen molar-refractivity contribution in [1.82, 2.24) is 5.32 Å². The van der Waals surface area contributed by atoms with Gasteiger partial charge < -0.3 is 24.0 Å². The lowest BCUT2D eigenvalue weighted by molar-refractivity contribution is -0.903. The molecule has 4 rings (SSSR count). The summed E-state index contributed by atoms with van der Waals surface area (Å²) in [5, 5.41) is 7.80. The minimum atomic E-state index is -0.414. The summed E-state index contributed by atoms with van der Waals surface area (Å²) in [7, 11) is 2.10. The Morgan fingerprint density at radius 2 is 1.93 bits per heavy atom. The number of hydrogen-bond donors (Lipinski definition) is 2. The van der Waals surface area contributed by atoms with E-state index in [2.05, 4.69) is 17.7 Å². The zero-order valence-corrected chi connectivity index (χ0v) is 17.1. The molecule has 0 aliphatic carbocycles. The molecule has 7 nitrogen and oxygen atoms in total. The quantitative estimate of drug-likeness (QED) is 0.516. The molecule has 1 amide bonds. The van der Waals surface area contributed by atoms with Gasteiger partial charge in [0.2, 0.25) is 0 Å². The van der Waals surface area contributed by atoms with E-state index in [9.17, 15) is 9.59 Å². The predicted molar refractivity (Wildman–Crippen MR) is 111 cm³/mol. The number of rotatable bonds is 3. The van der Waals surface area contributed by atoms with Crippen molar-refractivity contribution >= 4 is 45.9 Å². The van der Waals surface area contributed by atoms with E-state index >= 15 is 0 Å². The van der Waals surface area contributed by atoms with Crippen LogP contribution >= 0.6 is 12.4 Å². The molecule has 2 N–H and O–H groups in total. The van der Waals surface area contributed by atoms with Gasteiger partial charge in [-0.1, -0.05) is 0 Å². The number of piperazine rings is 1. The summed E-state index contributed by atoms with van der Waals surface area (Å²) in [6.07, 6.45) is 0. The molecule has 0 atom stereocenters. The first-order valence-corrected chi connectivity index (χ1v) is 9.17. The van der Waals surface area contributed by atoms with E-state index in [1.807, 2.05) is 19.1 Å². The van der Waals surface area contributed by atoms with Crippen molar-refractivity contribution in [2.24, 2.45) is 0 Å². The Kier molecular flexibility index (Phi) is 5.52. The Morgan fingerprint density at radius 1 is 1.21 bits per heavy atom. The van der Waals surface area contributed by atoms with Gasteiger partial charge in [-0.25, -0.2) is 4.79 Å². The summed E-state index contributed by atoms with van der Waals surface area (Å²) in [6.45, 7) is 7.70. The van der Waals surface area contributed by atoms with Crippen molar-refractivity contribution in [3.8, 4) is 0 Å². The molecular weight excluding hydrogens is 382 g/mol. The van der Waals surface area contributed by atoms with Crippen molar-refractivity contribution in [2.75, 3.05) is 45.1 Å². The Labute approximate surface area is 168 Å². The predicted octanol–water partition coefficient (Wildman–Crippen LogP) is 2.57. The van der Waals surface area contributed by atoms with Gasteiger partial charge in [0.15, 0.2) is 12.1 Å². The number of nitrogens with zero attached hydrogens (tertiary/aromatic N) is 1. The number of furan rings is 1. The number of carbonyl (C=O) groups is 1. The molecule has 1 aliphatic rings. The van der Waals surface area contributed by atoms with E-state index in [1.54, 1.807) is 6.92 Å². The Hall–Kier alpha value is -2.35. The molecule has 0 radical (unpaired) electrons. The number of benzene rings is 1. The lowest BCUT2D eigenvalue weighted by Gasteiger charge is -2.37. The van der Waals surface area contributed by atoms with Gasteiger partial charge in [-0.3, -0.25) is 4.79 Å². The second-order valence-corrected chi connectivity index (χ2v) is 7.62. The van der Waals surface area contributed by atoms with Gasteiger partial charge >= 0.3 is 5.63 Å². The van der Waals surface area contributed by atoms with Crippen LogP contribution in [0.2, 0.25) is 0 Å². The van der Waals surface area contributed by atoms with Gasteiger partial charge in [0.25, 0.3) is 5.91 Å². The van der Waals surface area contributed by atoms with Gasteiger partial charge in [-0.05, 0) is 31.5 Å². The largest absolute Gasteiger partial charge is 0.459 e. The van der Waals surface area contributed by atoms with Gasteiger partial charge in [0.05, 0.1) is 31.2 Å². The Morgan fingerprint density at radius 3 is 2.64 bits per heavy atom. The average Bonchev–Trinajstić information content (AvgIpc) is 2.90. The Balaban J connectivity index is 0.00000225. The van der Waals surface area contributed by atoms with Gasteiger partial charge in [-0.15, -0.1) is 12.4 Å². The molecule has 3 aromatic rings. The highest BCUT2D eigenvalue weighted by Gasteiger charge is 2.28. The van der Waals surface area contributed by atoms with Crippen molar-refractivity contribution < 1.29 is 18.1 Å². The van der Waals surface area contributed by atoms with Crippen molar-refractivity contribution in [2.45, 2.75) is 13.8 Å². The van der Waals surface area contributed by atoms with Crippen LogP contribution in [0.4, 0.5) is 5.69 Å². The monoisotopic (exact) mass is 406 g/mol. The van der Waals surface area contributed by atoms with Crippen LogP contribution in [0, 0.1) is 13.8 Å². The number of hydrogen-bond acceptors (Lipinski definition) is 5. The van der Waals surface area contributed by atoms with Crippen LogP contribution in [-0.4, -0.2) is 50.2 Å². The maximum absolute atomic E-state index is 12.8. The first-order valence-electron chi connectivity index (χ1n) is 9.17. The molecule has 1 saturated heterocycles. The van der Waals surface area contributed by atoms with E-state index in [0.29, 0.717) is 39.0 Å². The van der Waals surface area contributed by atoms with Crippen LogP contribution in [0.15, 0.2) is 31.8 Å². The summed E-state index contributed by atoms with van der Waals surface area (Å²) < 4.78 is 12.0. The fraction of sp³-hybridized carbons (Fsp3) is 0.400. The van der Waals surface area contributed by atoms with Crippen molar-refractivity contribution in [3.63, 3.8) is 0 Å². The SMILES string of the molecule is Cc1oc2ccc3c(C)cc(=O)oc3c2c1NC(=O)C[N+]1(C)CCNCC1.Cl. The first kappa shape index (κ1) is 20.4. The summed E-state index contributed by atoms with van der Waals surface area (Å²) in [5.41, 5.74) is 2.04. The topological polar surface area (TPSA) is 84.5 Å². The van der Waals surface area contributed by atoms with Gasteiger partial charge in [0, 0.05) is 24.5 Å². The number of likely N-dealkylation sites (N-methyl/N-ethyl adjacent to an activating group) is 1. The van der Waals surface area contributed by atoms with Crippen LogP contribution in [0.5, 0.6) is 0 Å². The second kappa shape index (κ2) is 7.58. The average molecular weight is 407 g/mol. The molecule has 2 aromatic heterocycles. The van der Waals surface area contributed by atoms with E-state index in [4.69, 9.17) is 8.83 Å². The maximum atomic E-state index is 12.8. The molecule has 1 fully saturated rings. The number of quaternary nitrogens is 1. The lowest BCUT2D eigenvalue weighted by Crippen LogP contribution is -2.58. The minimum Gasteiger partial charge on any atom is -0.459 e. The number of nitrogens with one attached hydrogen (secondary N) is 2. The number of aryl methyl sites for hydroxylation is 2. The third-order valence-electron chi connectivity index (χ3n) is 5.39. The van der Waals surface area contributed by atoms with E-state index in [-0.39, 0.29) is 18.3 Å². The third kappa shape index (κ3) is 3.65. The van der Waals surface area contributed by atoms with Crippen LogP contribution in [0.25, 0.3) is 21.9 Å². The lowest BCUT2D eigenvalue weighted by atomic mass is 10.1. The maximum Gasteiger partial charge on any atom is 0.336 e. The van der Waals surface area contributed by atoms with E-state index in [1.165, 1.54) is 6.07 Å². The summed E-state index contributed by atoms with van der Waals surface area (Å²) >= 11 is 0. The highest BCUT2D eigenvalue weighted by atomic mass is 35.5. The zero-order chi connectivity index (χ0) is 19.2. The van der Waals surface area contributed by atoms with Crippen molar-refractivity contribution in [3.05, 3.63) is 39.9 Å².